The predicted octanol–water partition coefficient (Wildman–Crippen LogP) is 3.36. The van der Waals surface area contributed by atoms with Gasteiger partial charge in [-0.1, -0.05) is 23.7 Å². The van der Waals surface area contributed by atoms with Crippen molar-refractivity contribution in [1.29, 1.82) is 0 Å². The van der Waals surface area contributed by atoms with E-state index in [4.69, 9.17) is 11.6 Å². The Labute approximate surface area is 145 Å². The SMILES string of the molecule is CC(=O)c1ccccc1NC(=O)Cn1cc(C(F)(F)F)cc(Cl)c1=O. The van der Waals surface area contributed by atoms with Crippen LogP contribution in [0.25, 0.3) is 0 Å². The van der Waals surface area contributed by atoms with Gasteiger partial charge in [-0.3, -0.25) is 14.4 Å². The normalized spacial score (nSPS) is 11.2. The summed E-state index contributed by atoms with van der Waals surface area (Å²) >= 11 is 5.53. The molecule has 0 unspecified atom stereocenters. The first-order chi connectivity index (χ1) is 11.6. The molecular weight excluding hydrogens is 361 g/mol. The molecule has 25 heavy (non-hydrogen) atoms. The van der Waals surface area contributed by atoms with E-state index in [-0.39, 0.29) is 17.0 Å². The van der Waals surface area contributed by atoms with E-state index in [2.05, 4.69) is 5.32 Å². The molecule has 2 aromatic rings. The molecular formula is C16H12ClF3N2O3. The molecule has 0 aliphatic rings. The number of alkyl halides is 3. The maximum absolute atomic E-state index is 12.8. The number of nitrogens with zero attached hydrogens (tertiary/aromatic N) is 1. The lowest BCUT2D eigenvalue weighted by Gasteiger charge is -2.13. The molecule has 0 atom stereocenters. The van der Waals surface area contributed by atoms with Crippen LogP contribution >= 0.6 is 11.6 Å². The van der Waals surface area contributed by atoms with Crippen molar-refractivity contribution in [2.75, 3.05) is 5.32 Å². The number of anilines is 1. The van der Waals surface area contributed by atoms with E-state index in [0.29, 0.717) is 16.8 Å². The number of Topliss-reactive ketones (excluding diaryl/α,β-unsaturated/α-hetero) is 1. The molecule has 1 aromatic heterocycles. The summed E-state index contributed by atoms with van der Waals surface area (Å²) in [6.45, 7) is 0.622. The minimum atomic E-state index is -4.71. The molecule has 1 amide bonds. The maximum Gasteiger partial charge on any atom is 0.417 e. The van der Waals surface area contributed by atoms with Crippen molar-refractivity contribution in [1.82, 2.24) is 4.57 Å². The van der Waals surface area contributed by atoms with E-state index in [1.165, 1.54) is 19.1 Å². The molecule has 1 N–H and O–H groups in total. The smallest absolute Gasteiger partial charge is 0.324 e. The highest BCUT2D eigenvalue weighted by Crippen LogP contribution is 2.29. The maximum atomic E-state index is 12.8. The van der Waals surface area contributed by atoms with E-state index >= 15 is 0 Å². The van der Waals surface area contributed by atoms with E-state index in [9.17, 15) is 27.6 Å². The van der Waals surface area contributed by atoms with Crippen LogP contribution in [0.1, 0.15) is 22.8 Å². The molecule has 5 nitrogen and oxygen atoms in total. The van der Waals surface area contributed by atoms with Crippen LogP contribution in [0.2, 0.25) is 5.02 Å². The van der Waals surface area contributed by atoms with Crippen molar-refractivity contribution in [3.63, 3.8) is 0 Å². The topological polar surface area (TPSA) is 68.2 Å². The van der Waals surface area contributed by atoms with Crippen LogP contribution in [0, 0.1) is 0 Å². The summed E-state index contributed by atoms with van der Waals surface area (Å²) in [6.07, 6.45) is -4.19. The Balaban J connectivity index is 2.29. The lowest BCUT2D eigenvalue weighted by Crippen LogP contribution is -2.29. The Hall–Kier alpha value is -2.61. The average Bonchev–Trinajstić information content (AvgIpc) is 2.50. The van der Waals surface area contributed by atoms with Crippen molar-refractivity contribution in [2.45, 2.75) is 19.6 Å². The van der Waals surface area contributed by atoms with Crippen molar-refractivity contribution in [3.8, 4) is 0 Å². The number of carbonyl (C=O) groups is 2. The standard InChI is InChI=1S/C16H12ClF3N2O3/c1-9(23)11-4-2-3-5-13(11)21-14(24)8-22-7-10(16(18,19)20)6-12(17)15(22)25/h2-7H,8H2,1H3,(H,21,24). The minimum Gasteiger partial charge on any atom is -0.324 e. The quantitative estimate of drug-likeness (QED) is 0.837. The summed E-state index contributed by atoms with van der Waals surface area (Å²) in [5, 5.41) is 1.75. The summed E-state index contributed by atoms with van der Waals surface area (Å²) in [4.78, 5) is 35.4. The van der Waals surface area contributed by atoms with Gasteiger partial charge in [0.1, 0.15) is 11.6 Å². The molecule has 1 heterocycles. The number of benzene rings is 1. The van der Waals surface area contributed by atoms with Gasteiger partial charge in [0.15, 0.2) is 5.78 Å². The second-order valence-corrected chi connectivity index (χ2v) is 5.56. The first kappa shape index (κ1) is 18.7. The van der Waals surface area contributed by atoms with Gasteiger partial charge in [0.2, 0.25) is 5.91 Å². The van der Waals surface area contributed by atoms with Crippen LogP contribution < -0.4 is 10.9 Å². The number of pyridine rings is 1. The zero-order valence-electron chi connectivity index (χ0n) is 12.9. The summed E-state index contributed by atoms with van der Waals surface area (Å²) < 4.78 is 38.9. The fraction of sp³-hybridized carbons (Fsp3) is 0.188. The average molecular weight is 373 g/mol. The highest BCUT2D eigenvalue weighted by Gasteiger charge is 2.32. The second kappa shape index (κ2) is 7.10. The van der Waals surface area contributed by atoms with Crippen molar-refractivity contribution in [3.05, 3.63) is 63.0 Å². The summed E-state index contributed by atoms with van der Waals surface area (Å²) in [5.74, 6) is -1.07. The Bertz CT molecular complexity index is 891. The van der Waals surface area contributed by atoms with Gasteiger partial charge in [-0.15, -0.1) is 0 Å². The number of ketones is 1. The number of hydrogen-bond donors (Lipinski definition) is 1. The van der Waals surface area contributed by atoms with Gasteiger partial charge in [-0.25, -0.2) is 0 Å². The van der Waals surface area contributed by atoms with Crippen molar-refractivity contribution < 1.29 is 22.8 Å². The molecule has 0 spiro atoms. The first-order valence-electron chi connectivity index (χ1n) is 6.96. The molecule has 0 aliphatic carbocycles. The highest BCUT2D eigenvalue weighted by atomic mass is 35.5. The Morgan fingerprint density at radius 3 is 2.48 bits per heavy atom. The van der Waals surface area contributed by atoms with E-state index in [1.807, 2.05) is 0 Å². The largest absolute Gasteiger partial charge is 0.417 e. The first-order valence-corrected chi connectivity index (χ1v) is 7.34. The molecule has 0 aliphatic heterocycles. The van der Waals surface area contributed by atoms with Gasteiger partial charge >= 0.3 is 6.18 Å². The van der Waals surface area contributed by atoms with E-state index < -0.39 is 34.8 Å². The number of para-hydroxylation sites is 1. The zero-order valence-corrected chi connectivity index (χ0v) is 13.6. The van der Waals surface area contributed by atoms with Crippen LogP contribution in [0.3, 0.4) is 0 Å². The Kier molecular flexibility index (Phi) is 5.32. The monoisotopic (exact) mass is 372 g/mol. The van der Waals surface area contributed by atoms with Crippen LogP contribution in [-0.4, -0.2) is 16.3 Å². The number of halogens is 4. The van der Waals surface area contributed by atoms with E-state index in [0.717, 1.165) is 0 Å². The van der Waals surface area contributed by atoms with Gasteiger partial charge in [-0.2, -0.15) is 13.2 Å². The third-order valence-corrected chi connectivity index (χ3v) is 3.53. The number of carbonyl (C=O) groups excluding carboxylic acids is 2. The molecule has 1 aromatic carbocycles. The third-order valence-electron chi connectivity index (χ3n) is 3.26. The zero-order chi connectivity index (χ0) is 18.8. The number of amides is 1. The molecule has 0 radical (unpaired) electrons. The Morgan fingerprint density at radius 2 is 1.88 bits per heavy atom. The van der Waals surface area contributed by atoms with Gasteiger partial charge in [0, 0.05) is 11.8 Å². The summed E-state index contributed by atoms with van der Waals surface area (Å²) in [5.41, 5.74) is -1.63. The van der Waals surface area contributed by atoms with E-state index in [1.54, 1.807) is 12.1 Å². The predicted molar refractivity (Wildman–Crippen MR) is 85.8 cm³/mol. The lowest BCUT2D eigenvalue weighted by atomic mass is 10.1. The molecule has 0 bridgehead atoms. The summed E-state index contributed by atoms with van der Waals surface area (Å²) in [7, 11) is 0. The molecule has 2 rings (SSSR count). The fourth-order valence-electron chi connectivity index (χ4n) is 2.12. The van der Waals surface area contributed by atoms with Crippen molar-refractivity contribution in [2.24, 2.45) is 0 Å². The molecule has 0 saturated carbocycles. The molecule has 9 heteroatoms. The molecule has 132 valence electrons. The second-order valence-electron chi connectivity index (χ2n) is 5.16. The molecule has 0 saturated heterocycles. The van der Waals surface area contributed by atoms with Crippen LogP contribution in [0.4, 0.5) is 18.9 Å². The van der Waals surface area contributed by atoms with Gasteiger partial charge in [0.25, 0.3) is 5.56 Å². The van der Waals surface area contributed by atoms with Crippen LogP contribution in [0.15, 0.2) is 41.3 Å². The number of rotatable bonds is 4. The third kappa shape index (κ3) is 4.48. The highest BCUT2D eigenvalue weighted by molar-refractivity contribution is 6.30. The minimum absolute atomic E-state index is 0.200. The number of nitrogens with one attached hydrogen (secondary N) is 1. The fourth-order valence-corrected chi connectivity index (χ4v) is 2.34. The van der Waals surface area contributed by atoms with Crippen molar-refractivity contribution >= 4 is 29.0 Å². The van der Waals surface area contributed by atoms with Crippen LogP contribution in [-0.2, 0) is 17.5 Å². The Morgan fingerprint density at radius 1 is 1.24 bits per heavy atom. The van der Waals surface area contributed by atoms with Crippen LogP contribution in [0.5, 0.6) is 0 Å². The number of aromatic nitrogens is 1. The summed E-state index contributed by atoms with van der Waals surface area (Å²) in [6, 6.07) is 6.64. The molecule has 0 fully saturated rings. The number of hydrogen-bond acceptors (Lipinski definition) is 3. The van der Waals surface area contributed by atoms with Gasteiger partial charge in [-0.05, 0) is 25.1 Å². The van der Waals surface area contributed by atoms with Gasteiger partial charge in [0.05, 0.1) is 11.3 Å². The van der Waals surface area contributed by atoms with Gasteiger partial charge < -0.3 is 9.88 Å². The lowest BCUT2D eigenvalue weighted by molar-refractivity contribution is -0.138.